The minimum atomic E-state index is 0.699. The maximum Gasteiger partial charge on any atom is 0.0483 e. The summed E-state index contributed by atoms with van der Waals surface area (Å²) in [7, 11) is 2.23. The Morgan fingerprint density at radius 3 is 3.00 bits per heavy atom. The van der Waals surface area contributed by atoms with Crippen LogP contribution in [0.2, 0.25) is 0 Å². The first-order chi connectivity index (χ1) is 8.36. The quantitative estimate of drug-likeness (QED) is 0.670. The maximum absolute atomic E-state index is 2.68. The van der Waals surface area contributed by atoms with E-state index >= 15 is 0 Å². The fraction of sp³-hybridized carbons (Fsp3) is 0.467. The average molecular weight is 226 g/mol. The van der Waals surface area contributed by atoms with Gasteiger partial charge in [-0.05, 0) is 31.0 Å². The third-order valence-corrected chi connectivity index (χ3v) is 4.60. The predicted octanol–water partition coefficient (Wildman–Crippen LogP) is 2.87. The molecule has 0 saturated carbocycles. The molecule has 2 nitrogen and oxygen atoms in total. The molecule has 2 aliphatic heterocycles. The molecule has 1 aromatic heterocycles. The van der Waals surface area contributed by atoms with Crippen LogP contribution in [0.5, 0.6) is 0 Å². The fourth-order valence-electron chi connectivity index (χ4n) is 3.82. The molecule has 2 aromatic rings. The van der Waals surface area contributed by atoms with Crippen molar-refractivity contribution in [2.75, 3.05) is 13.1 Å². The van der Waals surface area contributed by atoms with Crippen molar-refractivity contribution in [3.8, 4) is 0 Å². The lowest BCUT2D eigenvalue weighted by molar-refractivity contribution is 0.242. The molecule has 1 aromatic carbocycles. The Morgan fingerprint density at radius 2 is 2.06 bits per heavy atom. The Bertz CT molecular complexity index is 582. The van der Waals surface area contributed by atoms with Gasteiger partial charge in [0.15, 0.2) is 0 Å². The fourth-order valence-corrected chi connectivity index (χ4v) is 3.82. The van der Waals surface area contributed by atoms with Crippen molar-refractivity contribution in [1.29, 1.82) is 0 Å². The van der Waals surface area contributed by atoms with E-state index in [4.69, 9.17) is 0 Å². The van der Waals surface area contributed by atoms with Gasteiger partial charge in [0.1, 0.15) is 0 Å². The Hall–Kier alpha value is -1.28. The molecule has 4 rings (SSSR count). The zero-order valence-electron chi connectivity index (χ0n) is 10.3. The summed E-state index contributed by atoms with van der Waals surface area (Å²) in [6.07, 6.45) is 3.94. The normalized spacial score (nSPS) is 23.9. The Kier molecular flexibility index (Phi) is 1.92. The summed E-state index contributed by atoms with van der Waals surface area (Å²) in [5.41, 5.74) is 4.62. The second-order valence-corrected chi connectivity index (χ2v) is 5.38. The van der Waals surface area contributed by atoms with Crippen LogP contribution >= 0.6 is 0 Å². The molecule has 3 heterocycles. The molecular weight excluding hydrogens is 208 g/mol. The largest absolute Gasteiger partial charge is 0.347 e. The van der Waals surface area contributed by atoms with E-state index in [9.17, 15) is 0 Å². The highest BCUT2D eigenvalue weighted by Crippen LogP contribution is 2.42. The third kappa shape index (κ3) is 1.19. The first kappa shape index (κ1) is 9.72. The Morgan fingerprint density at radius 1 is 1.18 bits per heavy atom. The lowest BCUT2D eigenvalue weighted by Gasteiger charge is -2.30. The molecule has 1 unspecified atom stereocenters. The first-order valence-corrected chi connectivity index (χ1v) is 6.66. The average Bonchev–Trinajstić information content (AvgIpc) is 2.93. The van der Waals surface area contributed by atoms with Gasteiger partial charge in [-0.15, -0.1) is 0 Å². The van der Waals surface area contributed by atoms with Gasteiger partial charge in [0.05, 0.1) is 0 Å². The summed E-state index contributed by atoms with van der Waals surface area (Å²) >= 11 is 0. The van der Waals surface area contributed by atoms with Gasteiger partial charge in [0, 0.05) is 42.7 Å². The van der Waals surface area contributed by atoms with Crippen LogP contribution in [0, 0.1) is 0 Å². The van der Waals surface area contributed by atoms with Crippen LogP contribution in [-0.4, -0.2) is 22.6 Å². The van der Waals surface area contributed by atoms with E-state index in [0.717, 1.165) is 0 Å². The summed E-state index contributed by atoms with van der Waals surface area (Å²) < 4.78 is 2.42. The lowest BCUT2D eigenvalue weighted by Crippen LogP contribution is -2.31. The highest BCUT2D eigenvalue weighted by molar-refractivity contribution is 5.86. The summed E-state index contributed by atoms with van der Waals surface area (Å²) in [6, 6.07) is 9.59. The molecule has 2 aliphatic rings. The van der Waals surface area contributed by atoms with E-state index in [1.807, 2.05) is 0 Å². The summed E-state index contributed by atoms with van der Waals surface area (Å²) in [5, 5.41) is 1.49. The standard InChI is InChI=1S/C15H18N2/c1-16-12-6-3-2-5-11(12)15-13(16)8-10-17-9-4-7-14(15)17/h2-3,5-6,14H,4,7-10H2,1H3. The van der Waals surface area contributed by atoms with Crippen molar-refractivity contribution in [3.05, 3.63) is 35.5 Å². The highest BCUT2D eigenvalue weighted by Gasteiger charge is 2.34. The molecule has 1 fully saturated rings. The molecule has 0 aliphatic carbocycles. The van der Waals surface area contributed by atoms with Crippen LogP contribution in [0.1, 0.15) is 30.1 Å². The smallest absolute Gasteiger partial charge is 0.0483 e. The monoisotopic (exact) mass is 226 g/mol. The number of aryl methyl sites for hydroxylation is 1. The number of hydrogen-bond acceptors (Lipinski definition) is 1. The van der Waals surface area contributed by atoms with Gasteiger partial charge in [0.2, 0.25) is 0 Å². The molecule has 1 atom stereocenters. The number of rotatable bonds is 0. The summed E-state index contributed by atoms with van der Waals surface area (Å²) in [4.78, 5) is 2.68. The maximum atomic E-state index is 2.68. The number of benzene rings is 1. The molecule has 0 N–H and O–H groups in total. The highest BCUT2D eigenvalue weighted by atomic mass is 15.2. The van der Waals surface area contributed by atoms with Crippen LogP contribution in [0.15, 0.2) is 24.3 Å². The Balaban J connectivity index is 2.04. The number of aromatic nitrogens is 1. The van der Waals surface area contributed by atoms with E-state index in [0.29, 0.717) is 6.04 Å². The zero-order chi connectivity index (χ0) is 11.4. The van der Waals surface area contributed by atoms with Crippen LogP contribution < -0.4 is 0 Å². The van der Waals surface area contributed by atoms with Gasteiger partial charge >= 0.3 is 0 Å². The molecular formula is C15H18N2. The van der Waals surface area contributed by atoms with Gasteiger partial charge < -0.3 is 4.57 Å². The van der Waals surface area contributed by atoms with E-state index in [-0.39, 0.29) is 0 Å². The van der Waals surface area contributed by atoms with Gasteiger partial charge in [-0.3, -0.25) is 4.90 Å². The van der Waals surface area contributed by atoms with Crippen LogP contribution in [-0.2, 0) is 13.5 Å². The topological polar surface area (TPSA) is 8.17 Å². The van der Waals surface area contributed by atoms with E-state index in [2.05, 4.69) is 40.8 Å². The van der Waals surface area contributed by atoms with Crippen molar-refractivity contribution in [1.82, 2.24) is 9.47 Å². The van der Waals surface area contributed by atoms with Crippen molar-refractivity contribution >= 4 is 10.9 Å². The minimum absolute atomic E-state index is 0.699. The second kappa shape index (κ2) is 3.36. The minimum Gasteiger partial charge on any atom is -0.347 e. The first-order valence-electron chi connectivity index (χ1n) is 6.66. The van der Waals surface area contributed by atoms with Crippen molar-refractivity contribution < 1.29 is 0 Å². The summed E-state index contributed by atoms with van der Waals surface area (Å²) in [6.45, 7) is 2.55. The van der Waals surface area contributed by atoms with E-state index in [1.165, 1.54) is 43.3 Å². The van der Waals surface area contributed by atoms with Crippen molar-refractivity contribution in [2.24, 2.45) is 7.05 Å². The molecule has 0 bridgehead atoms. The lowest BCUT2D eigenvalue weighted by atomic mass is 9.96. The SMILES string of the molecule is Cn1c2c(c3ccccc31)C1CCCN1CC2. The second-order valence-electron chi connectivity index (χ2n) is 5.38. The predicted molar refractivity (Wildman–Crippen MR) is 70.2 cm³/mol. The number of hydrogen-bond donors (Lipinski definition) is 0. The molecule has 17 heavy (non-hydrogen) atoms. The van der Waals surface area contributed by atoms with Crippen LogP contribution in [0.25, 0.3) is 10.9 Å². The van der Waals surface area contributed by atoms with Gasteiger partial charge in [-0.25, -0.2) is 0 Å². The van der Waals surface area contributed by atoms with Gasteiger partial charge in [-0.1, -0.05) is 18.2 Å². The van der Waals surface area contributed by atoms with E-state index in [1.54, 1.807) is 11.3 Å². The number of fused-ring (bicyclic) bond motifs is 5. The number of nitrogens with zero attached hydrogens (tertiary/aromatic N) is 2. The molecule has 88 valence electrons. The number of para-hydroxylation sites is 1. The van der Waals surface area contributed by atoms with Crippen molar-refractivity contribution in [2.45, 2.75) is 25.3 Å². The van der Waals surface area contributed by atoms with Crippen molar-refractivity contribution in [3.63, 3.8) is 0 Å². The summed E-state index contributed by atoms with van der Waals surface area (Å²) in [5.74, 6) is 0. The molecule has 2 heteroatoms. The van der Waals surface area contributed by atoms with Crippen LogP contribution in [0.4, 0.5) is 0 Å². The van der Waals surface area contributed by atoms with Crippen LogP contribution in [0.3, 0.4) is 0 Å². The Labute approximate surface area is 102 Å². The van der Waals surface area contributed by atoms with Gasteiger partial charge in [-0.2, -0.15) is 0 Å². The zero-order valence-corrected chi connectivity index (χ0v) is 10.3. The molecule has 0 spiro atoms. The molecule has 0 amide bonds. The molecule has 1 saturated heterocycles. The molecule has 0 radical (unpaired) electrons. The third-order valence-electron chi connectivity index (χ3n) is 4.60. The van der Waals surface area contributed by atoms with E-state index < -0.39 is 0 Å². The van der Waals surface area contributed by atoms with Gasteiger partial charge in [0.25, 0.3) is 0 Å².